The second-order valence-corrected chi connectivity index (χ2v) is 6.14. The number of anilines is 1. The molecule has 2 heterocycles. The van der Waals surface area contributed by atoms with E-state index in [4.69, 9.17) is 4.74 Å². The van der Waals surface area contributed by atoms with E-state index in [0.29, 0.717) is 31.9 Å². The summed E-state index contributed by atoms with van der Waals surface area (Å²) in [5, 5.41) is 14.2. The second kappa shape index (κ2) is 6.54. The van der Waals surface area contributed by atoms with Crippen LogP contribution in [0.15, 0.2) is 18.2 Å². The summed E-state index contributed by atoms with van der Waals surface area (Å²) in [6.45, 7) is 3.95. The standard InChI is InChI=1S/C16H21N3O4/c1-11-2-3-15(19(21)22)14(10-11)17-13-4-7-18(16(13)20)12-5-8-23-9-6-12/h2-3,10,12-13,17H,4-9H2,1H3. The molecule has 0 saturated carbocycles. The average Bonchev–Trinajstić information content (AvgIpc) is 2.89. The largest absolute Gasteiger partial charge is 0.381 e. The number of rotatable bonds is 4. The van der Waals surface area contributed by atoms with Crippen LogP contribution in [0.1, 0.15) is 24.8 Å². The van der Waals surface area contributed by atoms with Crippen molar-refractivity contribution < 1.29 is 14.5 Å². The highest BCUT2D eigenvalue weighted by Gasteiger charge is 2.37. The average molecular weight is 319 g/mol. The molecular formula is C16H21N3O4. The molecule has 2 fully saturated rings. The molecule has 1 aromatic carbocycles. The predicted octanol–water partition coefficient (Wildman–Crippen LogP) is 2.10. The molecule has 0 aliphatic carbocycles. The summed E-state index contributed by atoms with van der Waals surface area (Å²) in [6.07, 6.45) is 2.40. The van der Waals surface area contributed by atoms with Crippen LogP contribution in [0, 0.1) is 17.0 Å². The first-order valence-electron chi connectivity index (χ1n) is 7.96. The maximum Gasteiger partial charge on any atom is 0.292 e. The monoisotopic (exact) mass is 319 g/mol. The summed E-state index contributed by atoms with van der Waals surface area (Å²) < 4.78 is 5.34. The Morgan fingerprint density at radius 3 is 2.74 bits per heavy atom. The van der Waals surface area contributed by atoms with Crippen LogP contribution in [0.25, 0.3) is 0 Å². The minimum Gasteiger partial charge on any atom is -0.381 e. The third-order valence-corrected chi connectivity index (χ3v) is 4.55. The summed E-state index contributed by atoms with van der Waals surface area (Å²) in [5.41, 5.74) is 1.35. The second-order valence-electron chi connectivity index (χ2n) is 6.14. The van der Waals surface area contributed by atoms with E-state index in [1.165, 1.54) is 6.07 Å². The number of aryl methyl sites for hydroxylation is 1. The van der Waals surface area contributed by atoms with Crippen molar-refractivity contribution in [2.24, 2.45) is 0 Å². The molecule has 0 aromatic heterocycles. The zero-order valence-electron chi connectivity index (χ0n) is 13.2. The van der Waals surface area contributed by atoms with Crippen LogP contribution in [0.5, 0.6) is 0 Å². The fraction of sp³-hybridized carbons (Fsp3) is 0.562. The highest BCUT2D eigenvalue weighted by molar-refractivity contribution is 5.87. The van der Waals surface area contributed by atoms with Gasteiger partial charge in [0.15, 0.2) is 0 Å². The van der Waals surface area contributed by atoms with Gasteiger partial charge in [-0.05, 0) is 37.8 Å². The molecular weight excluding hydrogens is 298 g/mol. The Labute approximate surface area is 134 Å². The van der Waals surface area contributed by atoms with E-state index in [1.54, 1.807) is 12.1 Å². The number of hydrogen-bond donors (Lipinski definition) is 1. The first kappa shape index (κ1) is 15.7. The molecule has 0 spiro atoms. The molecule has 7 nitrogen and oxygen atoms in total. The van der Waals surface area contributed by atoms with Crippen LogP contribution >= 0.6 is 0 Å². The van der Waals surface area contributed by atoms with Gasteiger partial charge in [-0.3, -0.25) is 14.9 Å². The number of nitro groups is 1. The third kappa shape index (κ3) is 3.29. The molecule has 124 valence electrons. The van der Waals surface area contributed by atoms with Crippen LogP contribution in [-0.2, 0) is 9.53 Å². The molecule has 2 aliphatic rings. The van der Waals surface area contributed by atoms with E-state index >= 15 is 0 Å². The lowest BCUT2D eigenvalue weighted by Crippen LogP contribution is -2.43. The highest BCUT2D eigenvalue weighted by atomic mass is 16.6. The third-order valence-electron chi connectivity index (χ3n) is 4.55. The van der Waals surface area contributed by atoms with Crippen LogP contribution in [0.4, 0.5) is 11.4 Å². The van der Waals surface area contributed by atoms with E-state index in [9.17, 15) is 14.9 Å². The van der Waals surface area contributed by atoms with Crippen LogP contribution < -0.4 is 5.32 Å². The lowest BCUT2D eigenvalue weighted by molar-refractivity contribution is -0.384. The first-order valence-corrected chi connectivity index (χ1v) is 7.96. The van der Waals surface area contributed by atoms with E-state index in [1.807, 2.05) is 11.8 Å². The Hall–Kier alpha value is -2.15. The minimum absolute atomic E-state index is 0.00733. The number of hydrogen-bond acceptors (Lipinski definition) is 5. The number of nitrogens with zero attached hydrogens (tertiary/aromatic N) is 2. The van der Waals surface area contributed by atoms with Crippen molar-refractivity contribution in [3.63, 3.8) is 0 Å². The van der Waals surface area contributed by atoms with Gasteiger partial charge in [-0.25, -0.2) is 0 Å². The number of likely N-dealkylation sites (tertiary alicyclic amines) is 1. The molecule has 3 rings (SSSR count). The Morgan fingerprint density at radius 2 is 2.04 bits per heavy atom. The van der Waals surface area contributed by atoms with Crippen molar-refractivity contribution in [2.75, 3.05) is 25.1 Å². The topological polar surface area (TPSA) is 84.7 Å². The summed E-state index contributed by atoms with van der Waals surface area (Å²) in [7, 11) is 0. The zero-order chi connectivity index (χ0) is 16.4. The first-order chi connectivity index (χ1) is 11.1. The van der Waals surface area contributed by atoms with Crippen LogP contribution in [-0.4, -0.2) is 47.6 Å². The molecule has 0 bridgehead atoms. The minimum atomic E-state index is -0.419. The molecule has 1 atom stereocenters. The predicted molar refractivity (Wildman–Crippen MR) is 85.4 cm³/mol. The van der Waals surface area contributed by atoms with Gasteiger partial charge in [0.05, 0.1) is 4.92 Å². The van der Waals surface area contributed by atoms with Crippen molar-refractivity contribution in [3.05, 3.63) is 33.9 Å². The zero-order valence-corrected chi connectivity index (χ0v) is 13.2. The van der Waals surface area contributed by atoms with Gasteiger partial charge in [0.1, 0.15) is 11.7 Å². The lowest BCUT2D eigenvalue weighted by atomic mass is 10.1. The smallest absolute Gasteiger partial charge is 0.292 e. The fourth-order valence-electron chi connectivity index (χ4n) is 3.31. The van der Waals surface area contributed by atoms with Gasteiger partial charge in [-0.2, -0.15) is 0 Å². The van der Waals surface area contributed by atoms with E-state index in [0.717, 1.165) is 18.4 Å². The highest BCUT2D eigenvalue weighted by Crippen LogP contribution is 2.29. The normalized spacial score (nSPS) is 22.4. The Balaban J connectivity index is 1.73. The van der Waals surface area contributed by atoms with Crippen LogP contribution in [0.3, 0.4) is 0 Å². The maximum absolute atomic E-state index is 12.6. The number of nitrogens with one attached hydrogen (secondary N) is 1. The SMILES string of the molecule is Cc1ccc([N+](=O)[O-])c(NC2CCN(C3CCOCC3)C2=O)c1. The molecule has 2 saturated heterocycles. The van der Waals surface area contributed by atoms with Gasteiger partial charge in [0.2, 0.25) is 5.91 Å². The lowest BCUT2D eigenvalue weighted by Gasteiger charge is -2.31. The number of benzene rings is 1. The molecule has 1 unspecified atom stereocenters. The molecule has 23 heavy (non-hydrogen) atoms. The molecule has 1 amide bonds. The Bertz CT molecular complexity index is 613. The molecule has 1 aromatic rings. The molecule has 1 N–H and O–H groups in total. The quantitative estimate of drug-likeness (QED) is 0.678. The van der Waals surface area contributed by atoms with Gasteiger partial charge in [0, 0.05) is 31.9 Å². The molecule has 7 heteroatoms. The van der Waals surface area contributed by atoms with Gasteiger partial charge in [0.25, 0.3) is 5.69 Å². The molecule has 0 radical (unpaired) electrons. The summed E-state index contributed by atoms with van der Waals surface area (Å²) >= 11 is 0. The number of carbonyl (C=O) groups is 1. The number of carbonyl (C=O) groups excluding carboxylic acids is 1. The van der Waals surface area contributed by atoms with E-state index in [-0.39, 0.29) is 17.6 Å². The maximum atomic E-state index is 12.6. The van der Waals surface area contributed by atoms with Crippen molar-refractivity contribution in [3.8, 4) is 0 Å². The van der Waals surface area contributed by atoms with Gasteiger partial charge < -0.3 is 15.0 Å². The van der Waals surface area contributed by atoms with E-state index < -0.39 is 11.0 Å². The number of ether oxygens (including phenoxy) is 1. The Morgan fingerprint density at radius 1 is 1.30 bits per heavy atom. The van der Waals surface area contributed by atoms with E-state index in [2.05, 4.69) is 5.32 Å². The fourth-order valence-corrected chi connectivity index (χ4v) is 3.31. The van der Waals surface area contributed by atoms with Crippen molar-refractivity contribution in [1.82, 2.24) is 4.90 Å². The van der Waals surface area contributed by atoms with Crippen molar-refractivity contribution in [1.29, 1.82) is 0 Å². The van der Waals surface area contributed by atoms with Gasteiger partial charge in [-0.1, -0.05) is 6.07 Å². The van der Waals surface area contributed by atoms with Gasteiger partial charge >= 0.3 is 0 Å². The summed E-state index contributed by atoms with van der Waals surface area (Å²) in [6, 6.07) is 4.75. The Kier molecular flexibility index (Phi) is 4.47. The van der Waals surface area contributed by atoms with Crippen molar-refractivity contribution >= 4 is 17.3 Å². The van der Waals surface area contributed by atoms with Crippen molar-refractivity contribution in [2.45, 2.75) is 38.3 Å². The van der Waals surface area contributed by atoms with Crippen LogP contribution in [0.2, 0.25) is 0 Å². The summed E-state index contributed by atoms with van der Waals surface area (Å²) in [5.74, 6) is 0.0349. The number of amides is 1. The summed E-state index contributed by atoms with van der Waals surface area (Å²) in [4.78, 5) is 25.3. The van der Waals surface area contributed by atoms with Gasteiger partial charge in [-0.15, -0.1) is 0 Å². The number of nitro benzene ring substituents is 1. The molecule has 2 aliphatic heterocycles.